The third kappa shape index (κ3) is 4.51. The molecule has 0 saturated heterocycles. The molecule has 0 unspecified atom stereocenters. The molecule has 7 heteroatoms. The van der Waals surface area contributed by atoms with Crippen LogP contribution in [0.4, 0.5) is 5.69 Å². The maximum Gasteiger partial charge on any atom is 0.276 e. The summed E-state index contributed by atoms with van der Waals surface area (Å²) in [5.74, 6) is -0.104. The molecule has 2 aromatic carbocycles. The van der Waals surface area contributed by atoms with Crippen molar-refractivity contribution in [3.8, 4) is 16.4 Å². The van der Waals surface area contributed by atoms with Gasteiger partial charge in [-0.2, -0.15) is 4.68 Å². The first-order valence-electron chi connectivity index (χ1n) is 10.3. The fourth-order valence-electron chi connectivity index (χ4n) is 3.52. The van der Waals surface area contributed by atoms with Crippen molar-refractivity contribution in [2.45, 2.75) is 33.1 Å². The largest absolute Gasteiger partial charge is 0.326 e. The SMILES string of the molecule is CCc1ccccc1NC(=O)CCc1c(C)[nH]n(-c2nc(-c3ccccc3)cs2)c1=O. The molecule has 4 aromatic rings. The highest BCUT2D eigenvalue weighted by Gasteiger charge is 2.16. The number of hydrogen-bond acceptors (Lipinski definition) is 4. The molecule has 6 nitrogen and oxygen atoms in total. The Morgan fingerprint density at radius 3 is 2.65 bits per heavy atom. The topological polar surface area (TPSA) is 79.8 Å². The standard InChI is InChI=1S/C24H24N4O2S/c1-3-17-9-7-8-12-20(17)25-22(29)14-13-19-16(2)27-28(23(19)30)24-26-21(15-31-24)18-10-5-4-6-11-18/h4-12,15,27H,3,13-14H2,1-2H3,(H,25,29). The van der Waals surface area contributed by atoms with Crippen LogP contribution in [0.15, 0.2) is 64.8 Å². The lowest BCUT2D eigenvalue weighted by Gasteiger charge is -2.09. The van der Waals surface area contributed by atoms with Crippen molar-refractivity contribution in [3.05, 3.63) is 87.2 Å². The molecule has 0 aliphatic heterocycles. The van der Waals surface area contributed by atoms with E-state index in [4.69, 9.17) is 0 Å². The number of aromatic nitrogens is 3. The smallest absolute Gasteiger partial charge is 0.276 e. The van der Waals surface area contributed by atoms with Crippen LogP contribution in [0.25, 0.3) is 16.4 Å². The maximum atomic E-state index is 13.0. The van der Waals surface area contributed by atoms with E-state index in [1.165, 1.54) is 16.0 Å². The summed E-state index contributed by atoms with van der Waals surface area (Å²) in [7, 11) is 0. The summed E-state index contributed by atoms with van der Waals surface area (Å²) in [5, 5.41) is 8.59. The number of anilines is 1. The summed E-state index contributed by atoms with van der Waals surface area (Å²) in [6, 6.07) is 17.6. The molecule has 2 aromatic heterocycles. The molecule has 0 saturated carbocycles. The molecule has 2 heterocycles. The lowest BCUT2D eigenvalue weighted by Crippen LogP contribution is -2.19. The number of carbonyl (C=O) groups excluding carboxylic acids is 1. The first-order valence-corrected chi connectivity index (χ1v) is 11.1. The van der Waals surface area contributed by atoms with Gasteiger partial charge in [0.05, 0.1) is 5.69 Å². The lowest BCUT2D eigenvalue weighted by atomic mass is 10.1. The third-order valence-corrected chi connectivity index (χ3v) is 6.05. The molecule has 158 valence electrons. The van der Waals surface area contributed by atoms with Crippen molar-refractivity contribution in [2.24, 2.45) is 0 Å². The molecule has 0 aliphatic rings. The number of benzene rings is 2. The van der Waals surface area contributed by atoms with Crippen LogP contribution in [0, 0.1) is 6.92 Å². The van der Waals surface area contributed by atoms with E-state index in [0.717, 1.165) is 34.6 Å². The van der Waals surface area contributed by atoms with E-state index in [1.807, 2.05) is 66.9 Å². The van der Waals surface area contributed by atoms with Crippen LogP contribution < -0.4 is 10.9 Å². The summed E-state index contributed by atoms with van der Waals surface area (Å²) in [6.45, 7) is 3.90. The number of thiazole rings is 1. The number of hydrogen-bond donors (Lipinski definition) is 2. The monoisotopic (exact) mass is 432 g/mol. The van der Waals surface area contributed by atoms with Gasteiger partial charge >= 0.3 is 0 Å². The van der Waals surface area contributed by atoms with Gasteiger partial charge in [0.2, 0.25) is 11.0 Å². The number of nitrogens with one attached hydrogen (secondary N) is 2. The molecule has 0 aliphatic carbocycles. The Labute approximate surface area is 184 Å². The molecule has 4 rings (SSSR count). The Hall–Kier alpha value is -3.45. The van der Waals surface area contributed by atoms with Gasteiger partial charge in [-0.1, -0.05) is 55.5 Å². The number of nitrogens with zero attached hydrogens (tertiary/aromatic N) is 2. The number of amides is 1. The number of rotatable bonds is 7. The molecule has 1 amide bonds. The van der Waals surface area contributed by atoms with E-state index in [-0.39, 0.29) is 17.9 Å². The number of para-hydroxylation sites is 1. The van der Waals surface area contributed by atoms with Gasteiger partial charge in [0.1, 0.15) is 0 Å². The van der Waals surface area contributed by atoms with Crippen LogP contribution >= 0.6 is 11.3 Å². The molecular weight excluding hydrogens is 408 g/mol. The lowest BCUT2D eigenvalue weighted by molar-refractivity contribution is -0.116. The van der Waals surface area contributed by atoms with Gasteiger partial charge in [-0.25, -0.2) is 4.98 Å². The number of carbonyl (C=O) groups is 1. The summed E-state index contributed by atoms with van der Waals surface area (Å²) in [4.78, 5) is 30.1. The van der Waals surface area contributed by atoms with E-state index in [2.05, 4.69) is 22.3 Å². The minimum absolute atomic E-state index is 0.104. The molecule has 31 heavy (non-hydrogen) atoms. The molecule has 0 radical (unpaired) electrons. The third-order valence-electron chi connectivity index (χ3n) is 5.22. The van der Waals surface area contributed by atoms with Gasteiger partial charge in [-0.05, 0) is 31.4 Å². The van der Waals surface area contributed by atoms with Gasteiger partial charge in [-0.15, -0.1) is 11.3 Å². The minimum Gasteiger partial charge on any atom is -0.326 e. The Morgan fingerprint density at radius 2 is 1.87 bits per heavy atom. The van der Waals surface area contributed by atoms with Crippen LogP contribution in [0.5, 0.6) is 0 Å². The summed E-state index contributed by atoms with van der Waals surface area (Å²) in [5.41, 5.74) is 4.95. The fraction of sp³-hybridized carbons (Fsp3) is 0.208. The average Bonchev–Trinajstić information content (AvgIpc) is 3.38. The highest BCUT2D eigenvalue weighted by molar-refractivity contribution is 7.12. The van der Waals surface area contributed by atoms with Crippen molar-refractivity contribution in [2.75, 3.05) is 5.32 Å². The first kappa shape index (κ1) is 20.8. The zero-order valence-corrected chi connectivity index (χ0v) is 18.3. The predicted molar refractivity (Wildman–Crippen MR) is 125 cm³/mol. The average molecular weight is 433 g/mol. The molecule has 0 spiro atoms. The second-order valence-electron chi connectivity index (χ2n) is 7.30. The van der Waals surface area contributed by atoms with E-state index in [9.17, 15) is 9.59 Å². The second-order valence-corrected chi connectivity index (χ2v) is 8.13. The maximum absolute atomic E-state index is 13.0. The Bertz CT molecular complexity index is 1250. The number of aryl methyl sites for hydroxylation is 2. The van der Waals surface area contributed by atoms with Crippen LogP contribution in [-0.4, -0.2) is 20.7 Å². The Morgan fingerprint density at radius 1 is 1.13 bits per heavy atom. The van der Waals surface area contributed by atoms with Gasteiger partial charge in [0, 0.05) is 34.3 Å². The van der Waals surface area contributed by atoms with E-state index < -0.39 is 0 Å². The Balaban J connectivity index is 1.48. The van der Waals surface area contributed by atoms with E-state index >= 15 is 0 Å². The second kappa shape index (κ2) is 9.14. The minimum atomic E-state index is -0.159. The van der Waals surface area contributed by atoms with Crippen molar-refractivity contribution in [1.29, 1.82) is 0 Å². The van der Waals surface area contributed by atoms with Crippen molar-refractivity contribution >= 4 is 22.9 Å². The molecule has 0 atom stereocenters. The van der Waals surface area contributed by atoms with Gasteiger partial charge in [0.25, 0.3) is 5.56 Å². The quantitative estimate of drug-likeness (QED) is 0.443. The predicted octanol–water partition coefficient (Wildman–Crippen LogP) is 4.73. The van der Waals surface area contributed by atoms with E-state index in [0.29, 0.717) is 17.1 Å². The van der Waals surface area contributed by atoms with Crippen molar-refractivity contribution < 1.29 is 4.79 Å². The van der Waals surface area contributed by atoms with Gasteiger partial charge in [0.15, 0.2) is 0 Å². The summed E-state index contributed by atoms with van der Waals surface area (Å²) < 4.78 is 1.46. The zero-order chi connectivity index (χ0) is 21.8. The molecule has 0 fully saturated rings. The first-order chi connectivity index (χ1) is 15.1. The highest BCUT2D eigenvalue weighted by Crippen LogP contribution is 2.23. The van der Waals surface area contributed by atoms with E-state index in [1.54, 1.807) is 0 Å². The normalized spacial score (nSPS) is 10.9. The molecule has 2 N–H and O–H groups in total. The zero-order valence-electron chi connectivity index (χ0n) is 17.5. The van der Waals surface area contributed by atoms with Crippen LogP contribution in [0.2, 0.25) is 0 Å². The number of aromatic amines is 1. The highest BCUT2D eigenvalue weighted by atomic mass is 32.1. The Kier molecular flexibility index (Phi) is 6.13. The van der Waals surface area contributed by atoms with Gasteiger partial charge in [-0.3, -0.25) is 14.7 Å². The summed E-state index contributed by atoms with van der Waals surface area (Å²) >= 11 is 1.41. The van der Waals surface area contributed by atoms with Crippen molar-refractivity contribution in [1.82, 2.24) is 14.8 Å². The summed E-state index contributed by atoms with van der Waals surface area (Å²) in [6.07, 6.45) is 1.45. The van der Waals surface area contributed by atoms with Crippen LogP contribution in [-0.2, 0) is 17.6 Å². The fourth-order valence-corrected chi connectivity index (χ4v) is 4.31. The van der Waals surface area contributed by atoms with Gasteiger partial charge < -0.3 is 5.32 Å². The van der Waals surface area contributed by atoms with Crippen molar-refractivity contribution in [3.63, 3.8) is 0 Å². The van der Waals surface area contributed by atoms with Crippen LogP contribution in [0.1, 0.15) is 30.2 Å². The number of H-pyrrole nitrogens is 1. The molecule has 0 bridgehead atoms. The van der Waals surface area contributed by atoms with Crippen LogP contribution in [0.3, 0.4) is 0 Å². The molecular formula is C24H24N4O2S.